The molecule has 2 rings (SSSR count). The summed E-state index contributed by atoms with van der Waals surface area (Å²) in [5, 5.41) is 38.5. The van der Waals surface area contributed by atoms with E-state index in [1.54, 1.807) is 0 Å². The molecule has 138 valence electrons. The fraction of sp³-hybridized carbons (Fsp3) is 0.167. The third-order valence-electron chi connectivity index (χ3n) is 2.98. The molecule has 3 N–H and O–H groups in total. The van der Waals surface area contributed by atoms with E-state index in [1.807, 2.05) is 0 Å². The smallest absolute Gasteiger partial charge is 0.333 e. The molecule has 0 saturated heterocycles. The van der Waals surface area contributed by atoms with Crippen molar-refractivity contribution in [2.45, 2.75) is 4.90 Å². The van der Waals surface area contributed by atoms with Crippen LogP contribution in [0.1, 0.15) is 0 Å². The van der Waals surface area contributed by atoms with Crippen molar-refractivity contribution in [1.82, 2.24) is 9.13 Å². The van der Waals surface area contributed by atoms with Crippen LogP contribution in [0, 0.1) is 0 Å². The minimum atomic E-state index is -0.846. The van der Waals surface area contributed by atoms with Gasteiger partial charge >= 0.3 is 5.69 Å². The van der Waals surface area contributed by atoms with E-state index in [4.69, 9.17) is 5.26 Å². The van der Waals surface area contributed by atoms with Gasteiger partial charge in [-0.25, -0.2) is 10.1 Å². The number of hydrogen-bond donors (Lipinski definition) is 3. The van der Waals surface area contributed by atoms with Crippen molar-refractivity contribution in [3.05, 3.63) is 39.0 Å². The van der Waals surface area contributed by atoms with Gasteiger partial charge in [-0.2, -0.15) is 0 Å². The van der Waals surface area contributed by atoms with Crippen LogP contribution >= 0.6 is 12.0 Å². The van der Waals surface area contributed by atoms with Gasteiger partial charge in [-0.1, -0.05) is 5.04 Å². The zero-order valence-corrected chi connectivity index (χ0v) is 14.5. The van der Waals surface area contributed by atoms with E-state index in [0.29, 0.717) is 16.9 Å². The molecule has 1 aromatic heterocycles. The monoisotopic (exact) mass is 414 g/mol. The first-order valence-electron chi connectivity index (χ1n) is 6.25. The molecular weight excluding hydrogens is 403 g/mol. The number of nitrogens with zero attached hydrogens (tertiary/aromatic N) is 4. The Morgan fingerprint density at radius 1 is 1.12 bits per heavy atom. The van der Waals surface area contributed by atoms with Crippen LogP contribution < -0.4 is 11.2 Å². The first-order valence-corrected chi connectivity index (χ1v) is 6.99. The summed E-state index contributed by atoms with van der Waals surface area (Å²) < 4.78 is 5.83. The van der Waals surface area contributed by atoms with Gasteiger partial charge in [0.1, 0.15) is 11.4 Å². The summed E-state index contributed by atoms with van der Waals surface area (Å²) in [6.07, 6.45) is 0. The second-order valence-electron chi connectivity index (χ2n) is 4.45. The number of benzene rings is 1. The number of aromatic nitrogens is 2. The molecule has 11 nitrogen and oxygen atoms in total. The number of phenolic OH excluding ortho intramolecular Hbond substituents is 1. The quantitative estimate of drug-likeness (QED) is 0.218. The summed E-state index contributed by atoms with van der Waals surface area (Å²) in [5.41, 5.74) is -2.08. The van der Waals surface area contributed by atoms with Gasteiger partial charge in [0.05, 0.1) is 12.0 Å². The Morgan fingerprint density at radius 2 is 1.80 bits per heavy atom. The zero-order valence-electron chi connectivity index (χ0n) is 12.7. The van der Waals surface area contributed by atoms with Gasteiger partial charge < -0.3 is 10.2 Å². The molecular formula is C12H12N4NiO7S. The van der Waals surface area contributed by atoms with Gasteiger partial charge in [0, 0.05) is 35.5 Å². The molecule has 1 aromatic carbocycles. The topological polar surface area (TPSA) is 148 Å². The van der Waals surface area contributed by atoms with Crippen molar-refractivity contribution in [1.29, 1.82) is 0 Å². The van der Waals surface area contributed by atoms with E-state index in [0.717, 1.165) is 9.13 Å². The minimum Gasteiger partial charge on any atom is -0.506 e. The predicted molar refractivity (Wildman–Crippen MR) is 81.5 cm³/mol. The summed E-state index contributed by atoms with van der Waals surface area (Å²) in [6.45, 7) is 0. The van der Waals surface area contributed by atoms with Crippen LogP contribution in [0.2, 0.25) is 0 Å². The summed E-state index contributed by atoms with van der Waals surface area (Å²) >= 11 is 0.632. The zero-order chi connectivity index (χ0) is 17.9. The Labute approximate surface area is 154 Å². The van der Waals surface area contributed by atoms with Gasteiger partial charge in [0.15, 0.2) is 0 Å². The summed E-state index contributed by atoms with van der Waals surface area (Å²) in [6, 6.07) is 4.04. The van der Waals surface area contributed by atoms with E-state index in [-0.39, 0.29) is 27.9 Å². The van der Waals surface area contributed by atoms with Crippen molar-refractivity contribution >= 4 is 23.4 Å². The van der Waals surface area contributed by atoms with E-state index < -0.39 is 22.8 Å². The SMILES string of the molecule is Cn1c(O)c(N=Nc2cc(SOOO)ccc2O)c(=O)n(C)c1=O.[Ni]. The minimum absolute atomic E-state index is 0. The molecule has 0 aliphatic rings. The molecule has 0 aliphatic heterocycles. The van der Waals surface area contributed by atoms with Gasteiger partial charge in [-0.15, -0.1) is 14.6 Å². The van der Waals surface area contributed by atoms with Crippen LogP contribution in [-0.4, -0.2) is 24.6 Å². The Hall–Kier alpha value is -2.18. The van der Waals surface area contributed by atoms with Gasteiger partial charge in [-0.3, -0.25) is 13.9 Å². The maximum atomic E-state index is 12.0. The van der Waals surface area contributed by atoms with E-state index in [2.05, 4.69) is 19.6 Å². The van der Waals surface area contributed by atoms with Gasteiger partial charge in [0.2, 0.25) is 11.6 Å². The Bertz CT molecular complexity index is 912. The number of rotatable bonds is 5. The van der Waals surface area contributed by atoms with Crippen molar-refractivity contribution in [3.63, 3.8) is 0 Å². The molecule has 0 fully saturated rings. The number of azo groups is 1. The standard InChI is InChI=1S/C12H12N4O7S.Ni/c1-15-10(18)9(11(19)16(2)12(15)20)14-13-7-5-6(24-23-22-21)3-4-8(7)17;/h3-5,17-18,21H,1-2H3;. The van der Waals surface area contributed by atoms with Crippen molar-refractivity contribution in [2.75, 3.05) is 0 Å². The molecule has 2 aromatic rings. The number of phenols is 1. The van der Waals surface area contributed by atoms with Crippen LogP contribution in [0.5, 0.6) is 11.6 Å². The van der Waals surface area contributed by atoms with Crippen molar-refractivity contribution in [3.8, 4) is 11.6 Å². The third-order valence-corrected chi connectivity index (χ3v) is 3.55. The van der Waals surface area contributed by atoms with Gasteiger partial charge in [-0.05, 0) is 18.2 Å². The molecule has 0 radical (unpaired) electrons. The molecule has 0 bridgehead atoms. The average Bonchev–Trinajstić information content (AvgIpc) is 2.58. The Morgan fingerprint density at radius 3 is 2.44 bits per heavy atom. The van der Waals surface area contributed by atoms with Crippen molar-refractivity contribution < 1.29 is 41.3 Å². The second kappa shape index (κ2) is 8.78. The van der Waals surface area contributed by atoms with E-state index in [9.17, 15) is 19.8 Å². The molecule has 0 amide bonds. The van der Waals surface area contributed by atoms with Crippen LogP contribution in [0.4, 0.5) is 11.4 Å². The fourth-order valence-electron chi connectivity index (χ4n) is 1.70. The molecule has 0 unspecified atom stereocenters. The van der Waals surface area contributed by atoms with Crippen LogP contribution in [0.3, 0.4) is 0 Å². The summed E-state index contributed by atoms with van der Waals surface area (Å²) in [5.74, 6) is -0.914. The maximum Gasteiger partial charge on any atom is 0.333 e. The Kier molecular flexibility index (Phi) is 7.33. The Balaban J connectivity index is 0.00000312. The first kappa shape index (κ1) is 20.9. The van der Waals surface area contributed by atoms with Crippen molar-refractivity contribution in [2.24, 2.45) is 24.3 Å². The van der Waals surface area contributed by atoms with Crippen LogP contribution in [0.15, 0.2) is 42.9 Å². The van der Waals surface area contributed by atoms with E-state index in [1.165, 1.54) is 32.3 Å². The molecule has 0 aliphatic carbocycles. The molecule has 0 atom stereocenters. The largest absolute Gasteiger partial charge is 0.506 e. The summed E-state index contributed by atoms with van der Waals surface area (Å²) in [4.78, 5) is 24.0. The first-order chi connectivity index (χ1) is 11.4. The van der Waals surface area contributed by atoms with E-state index >= 15 is 0 Å². The summed E-state index contributed by atoms with van der Waals surface area (Å²) in [7, 11) is 2.49. The number of hydrogen-bond acceptors (Lipinski definition) is 10. The predicted octanol–water partition coefficient (Wildman–Crippen LogP) is 1.34. The number of aromatic hydroxyl groups is 2. The fourth-order valence-corrected chi connectivity index (χ4v) is 2.09. The van der Waals surface area contributed by atoms with Crippen LogP contribution in [-0.2, 0) is 40.0 Å². The molecule has 1 heterocycles. The normalized spacial score (nSPS) is 10.8. The molecule has 25 heavy (non-hydrogen) atoms. The van der Waals surface area contributed by atoms with Gasteiger partial charge in [0.25, 0.3) is 5.56 Å². The second-order valence-corrected chi connectivity index (χ2v) is 5.23. The molecule has 13 heteroatoms. The molecule has 0 spiro atoms. The average molecular weight is 415 g/mol. The maximum absolute atomic E-state index is 12.0. The van der Waals surface area contributed by atoms with Crippen LogP contribution in [0.25, 0.3) is 0 Å². The third kappa shape index (κ3) is 4.47. The molecule has 0 saturated carbocycles.